The molecule has 0 aromatic carbocycles. The minimum absolute atomic E-state index is 0.414. The van der Waals surface area contributed by atoms with Crippen molar-refractivity contribution in [1.29, 1.82) is 0 Å². The molecule has 0 N–H and O–H groups in total. The maximum atomic E-state index is 11.5. The zero-order valence-electron chi connectivity index (χ0n) is 8.63. The van der Waals surface area contributed by atoms with Crippen molar-refractivity contribution in [3.05, 3.63) is 0 Å². The fourth-order valence-corrected chi connectivity index (χ4v) is 2.97. The van der Waals surface area contributed by atoms with Gasteiger partial charge < -0.3 is 0 Å². The van der Waals surface area contributed by atoms with E-state index < -0.39 is 0 Å². The van der Waals surface area contributed by atoms with Crippen LogP contribution in [0.25, 0.3) is 0 Å². The lowest BCUT2D eigenvalue weighted by Gasteiger charge is -2.20. The van der Waals surface area contributed by atoms with Crippen LogP contribution in [-0.2, 0) is 4.79 Å². The molecule has 1 rings (SSSR count). The molecule has 0 aromatic heterocycles. The van der Waals surface area contributed by atoms with Crippen molar-refractivity contribution in [3.63, 3.8) is 0 Å². The molecule has 0 unspecified atom stereocenters. The molecule has 0 saturated carbocycles. The van der Waals surface area contributed by atoms with Crippen LogP contribution in [0.3, 0.4) is 0 Å². The van der Waals surface area contributed by atoms with E-state index >= 15 is 0 Å². The van der Waals surface area contributed by atoms with Crippen molar-refractivity contribution in [2.75, 3.05) is 11.5 Å². The minimum atomic E-state index is 0.414. The molecule has 0 spiro atoms. The van der Waals surface area contributed by atoms with E-state index in [1.807, 2.05) is 11.8 Å². The van der Waals surface area contributed by atoms with Gasteiger partial charge in [0.1, 0.15) is 5.78 Å². The lowest BCUT2D eigenvalue weighted by atomic mass is 9.94. The van der Waals surface area contributed by atoms with E-state index in [0.717, 1.165) is 19.3 Å². The Kier molecular flexibility index (Phi) is 5.78. The highest BCUT2D eigenvalue weighted by atomic mass is 32.2. The molecule has 0 aromatic rings. The fourth-order valence-electron chi connectivity index (χ4n) is 1.76. The molecule has 1 fully saturated rings. The average molecular weight is 210 g/mol. The van der Waals surface area contributed by atoms with Crippen molar-refractivity contribution in [3.8, 4) is 12.3 Å². The van der Waals surface area contributed by atoms with Crippen LogP contribution in [-0.4, -0.2) is 17.3 Å². The topological polar surface area (TPSA) is 17.1 Å². The predicted molar refractivity (Wildman–Crippen MR) is 62.4 cm³/mol. The largest absolute Gasteiger partial charge is 0.300 e. The summed E-state index contributed by atoms with van der Waals surface area (Å²) in [5, 5.41) is 0. The number of ketones is 1. The quantitative estimate of drug-likeness (QED) is 0.512. The number of thioether (sulfide) groups is 1. The van der Waals surface area contributed by atoms with E-state index in [-0.39, 0.29) is 0 Å². The van der Waals surface area contributed by atoms with E-state index in [4.69, 9.17) is 6.42 Å². The Labute approximate surface area is 91.0 Å². The number of hydrogen-bond acceptors (Lipinski definition) is 2. The highest BCUT2D eigenvalue weighted by Crippen LogP contribution is 2.25. The molecule has 1 saturated heterocycles. The number of carbonyl (C=O) groups is 1. The molecule has 1 heterocycles. The summed E-state index contributed by atoms with van der Waals surface area (Å²) in [5.41, 5.74) is 0. The van der Waals surface area contributed by atoms with Gasteiger partial charge in [-0.1, -0.05) is 0 Å². The number of hydrogen-bond donors (Lipinski definition) is 0. The molecule has 1 aliphatic rings. The molecule has 14 heavy (non-hydrogen) atoms. The Morgan fingerprint density at radius 1 is 1.43 bits per heavy atom. The highest BCUT2D eigenvalue weighted by molar-refractivity contribution is 7.99. The fraction of sp³-hybridized carbons (Fsp3) is 0.750. The summed E-state index contributed by atoms with van der Waals surface area (Å²) in [7, 11) is 0. The molecular weight excluding hydrogens is 192 g/mol. The first kappa shape index (κ1) is 11.7. The third kappa shape index (κ3) is 4.72. The Morgan fingerprint density at radius 3 is 2.79 bits per heavy atom. The van der Waals surface area contributed by atoms with Crippen LogP contribution in [0.1, 0.15) is 38.5 Å². The van der Waals surface area contributed by atoms with Gasteiger partial charge in [-0.3, -0.25) is 4.79 Å². The second-order valence-corrected chi connectivity index (χ2v) is 5.08. The van der Waals surface area contributed by atoms with Crippen LogP contribution in [0, 0.1) is 18.3 Å². The first-order valence-electron chi connectivity index (χ1n) is 5.36. The predicted octanol–water partition coefficient (Wildman–Crippen LogP) is 2.89. The van der Waals surface area contributed by atoms with E-state index in [1.54, 1.807) is 0 Å². The van der Waals surface area contributed by atoms with Gasteiger partial charge >= 0.3 is 0 Å². The molecule has 0 atom stereocenters. The summed E-state index contributed by atoms with van der Waals surface area (Å²) in [6.07, 6.45) is 10.7. The van der Waals surface area contributed by atoms with Gasteiger partial charge in [0.25, 0.3) is 0 Å². The third-order valence-electron chi connectivity index (χ3n) is 2.63. The van der Waals surface area contributed by atoms with Gasteiger partial charge in [0.15, 0.2) is 0 Å². The highest BCUT2D eigenvalue weighted by Gasteiger charge is 2.16. The number of Topliss-reactive ketones (excluding diaryl/α,β-unsaturated/α-hetero) is 1. The van der Waals surface area contributed by atoms with Crippen LogP contribution >= 0.6 is 11.8 Å². The molecule has 1 aliphatic heterocycles. The Bertz CT molecular complexity index is 211. The van der Waals surface area contributed by atoms with Gasteiger partial charge in [0.05, 0.1) is 0 Å². The maximum Gasteiger partial charge on any atom is 0.133 e. The Balaban J connectivity index is 2.10. The Morgan fingerprint density at radius 2 is 2.14 bits per heavy atom. The number of rotatable bonds is 5. The molecule has 78 valence electrons. The monoisotopic (exact) mass is 210 g/mol. The lowest BCUT2D eigenvalue weighted by molar-refractivity contribution is -0.120. The van der Waals surface area contributed by atoms with Gasteiger partial charge in [0, 0.05) is 19.3 Å². The molecule has 2 heteroatoms. The van der Waals surface area contributed by atoms with Crippen molar-refractivity contribution in [1.82, 2.24) is 0 Å². The first-order chi connectivity index (χ1) is 6.83. The summed E-state index contributed by atoms with van der Waals surface area (Å²) in [4.78, 5) is 11.5. The van der Waals surface area contributed by atoms with Crippen LogP contribution in [0.4, 0.5) is 0 Å². The van der Waals surface area contributed by atoms with Crippen molar-refractivity contribution < 1.29 is 4.79 Å². The second kappa shape index (κ2) is 6.95. The summed E-state index contributed by atoms with van der Waals surface area (Å²) >= 11 is 2.01. The number of terminal acetylenes is 1. The molecule has 0 bridgehead atoms. The second-order valence-electron chi connectivity index (χ2n) is 3.86. The average Bonchev–Trinajstić information content (AvgIpc) is 2.20. The zero-order chi connectivity index (χ0) is 10.2. The lowest BCUT2D eigenvalue weighted by Crippen LogP contribution is -2.14. The smallest absolute Gasteiger partial charge is 0.133 e. The minimum Gasteiger partial charge on any atom is -0.300 e. The summed E-state index contributed by atoms with van der Waals surface area (Å²) in [5.74, 6) is 6.12. The third-order valence-corrected chi connectivity index (χ3v) is 3.68. The molecule has 0 amide bonds. The van der Waals surface area contributed by atoms with Gasteiger partial charge in [-0.15, -0.1) is 12.3 Å². The summed E-state index contributed by atoms with van der Waals surface area (Å²) < 4.78 is 0. The number of carbonyl (C=O) groups excluding carboxylic acids is 1. The van der Waals surface area contributed by atoms with Crippen molar-refractivity contribution >= 4 is 17.5 Å². The van der Waals surface area contributed by atoms with Crippen LogP contribution in [0.2, 0.25) is 0 Å². The van der Waals surface area contributed by atoms with Gasteiger partial charge in [-0.25, -0.2) is 0 Å². The Hall–Kier alpha value is -0.420. The van der Waals surface area contributed by atoms with E-state index in [9.17, 15) is 4.79 Å². The van der Waals surface area contributed by atoms with E-state index in [0.29, 0.717) is 18.1 Å². The van der Waals surface area contributed by atoms with Gasteiger partial charge in [-0.2, -0.15) is 11.8 Å². The summed E-state index contributed by atoms with van der Waals surface area (Å²) in [6, 6.07) is 0. The van der Waals surface area contributed by atoms with Crippen molar-refractivity contribution in [2.45, 2.75) is 38.5 Å². The molecular formula is C12H18OS. The standard InChI is InChI=1S/C12H18OS/c1-2-3-4-5-12(13)10-11-6-8-14-9-7-11/h1,11H,3-10H2. The molecule has 0 aliphatic carbocycles. The van der Waals surface area contributed by atoms with Crippen molar-refractivity contribution in [2.24, 2.45) is 5.92 Å². The molecule has 0 radical (unpaired) electrons. The van der Waals surface area contributed by atoms with Gasteiger partial charge in [0.2, 0.25) is 0 Å². The van der Waals surface area contributed by atoms with Crippen LogP contribution in [0.15, 0.2) is 0 Å². The maximum absolute atomic E-state index is 11.5. The van der Waals surface area contributed by atoms with E-state index in [2.05, 4.69) is 5.92 Å². The first-order valence-corrected chi connectivity index (χ1v) is 6.51. The number of unbranched alkanes of at least 4 members (excludes halogenated alkanes) is 1. The zero-order valence-corrected chi connectivity index (χ0v) is 9.44. The summed E-state index contributed by atoms with van der Waals surface area (Å²) in [6.45, 7) is 0. The van der Waals surface area contributed by atoms with Crippen LogP contribution in [0.5, 0.6) is 0 Å². The van der Waals surface area contributed by atoms with Gasteiger partial charge in [-0.05, 0) is 36.7 Å². The SMILES string of the molecule is C#CCCCC(=O)CC1CCSCC1. The van der Waals surface area contributed by atoms with Crippen LogP contribution < -0.4 is 0 Å². The molecule has 1 nitrogen and oxygen atoms in total. The van der Waals surface area contributed by atoms with E-state index in [1.165, 1.54) is 24.3 Å². The normalized spacial score (nSPS) is 17.6.